The topological polar surface area (TPSA) is 25.4 Å². The number of hydrogen-bond donors (Lipinski definition) is 0. The van der Waals surface area contributed by atoms with Crippen molar-refractivity contribution in [2.45, 2.75) is 26.1 Å². The van der Waals surface area contributed by atoms with E-state index in [1.165, 1.54) is 5.56 Å². The molecule has 0 radical (unpaired) electrons. The second-order valence-corrected chi connectivity index (χ2v) is 4.93. The smallest absolute Gasteiger partial charge is 0.178 e. The van der Waals surface area contributed by atoms with E-state index in [0.717, 1.165) is 18.1 Å². The normalized spacial score (nSPS) is 16.9. The van der Waals surface area contributed by atoms with E-state index in [0.29, 0.717) is 0 Å². The van der Waals surface area contributed by atoms with Gasteiger partial charge in [-0.25, -0.2) is 4.98 Å². The molecule has 2 aromatic rings. The molecular weight excluding hydrogens is 224 g/mol. The van der Waals surface area contributed by atoms with Crippen LogP contribution in [0.5, 0.6) is 5.75 Å². The number of nitrogens with zero attached hydrogens (tertiary/aromatic N) is 2. The number of para-hydroxylation sites is 1. The van der Waals surface area contributed by atoms with Gasteiger partial charge in [0.05, 0.1) is 6.54 Å². The van der Waals surface area contributed by atoms with E-state index in [1.54, 1.807) is 0 Å². The largest absolute Gasteiger partial charge is 0.468 e. The highest BCUT2D eigenvalue weighted by molar-refractivity contribution is 5.47. The van der Waals surface area contributed by atoms with E-state index < -0.39 is 0 Å². The number of pyridine rings is 1. The predicted octanol–water partition coefficient (Wildman–Crippen LogP) is 3.22. The highest BCUT2D eigenvalue weighted by atomic mass is 16.5. The average Bonchev–Trinajstić information content (AvgIpc) is 2.38. The Kier molecular flexibility index (Phi) is 2.47. The van der Waals surface area contributed by atoms with E-state index in [1.807, 2.05) is 42.6 Å². The van der Waals surface area contributed by atoms with Crippen LogP contribution in [-0.2, 0) is 6.54 Å². The number of anilines is 1. The standard InChI is InChI=1S/C15H16N2O/c1-15(2)17(14-9-5-6-10-16-14)11-12-7-3-4-8-13(12)18-15/h3-10H,11H2,1-2H3. The summed E-state index contributed by atoms with van der Waals surface area (Å²) in [5, 5.41) is 0. The summed E-state index contributed by atoms with van der Waals surface area (Å²) in [6.45, 7) is 4.95. The van der Waals surface area contributed by atoms with E-state index in [-0.39, 0.29) is 5.72 Å². The molecular formula is C15H16N2O. The Hall–Kier alpha value is -2.03. The summed E-state index contributed by atoms with van der Waals surface area (Å²) in [5.74, 6) is 1.91. The molecule has 0 amide bonds. The van der Waals surface area contributed by atoms with Crippen molar-refractivity contribution in [1.82, 2.24) is 4.98 Å². The van der Waals surface area contributed by atoms with Crippen molar-refractivity contribution in [3.8, 4) is 5.75 Å². The van der Waals surface area contributed by atoms with Crippen LogP contribution in [-0.4, -0.2) is 10.7 Å². The first-order chi connectivity index (χ1) is 8.67. The molecule has 0 saturated heterocycles. The minimum Gasteiger partial charge on any atom is -0.468 e. The molecule has 0 N–H and O–H groups in total. The first kappa shape index (κ1) is 11.1. The summed E-state index contributed by atoms with van der Waals surface area (Å²) in [5.41, 5.74) is 0.811. The molecule has 0 fully saturated rings. The van der Waals surface area contributed by atoms with Crippen molar-refractivity contribution < 1.29 is 4.74 Å². The summed E-state index contributed by atoms with van der Waals surface area (Å²) in [6.07, 6.45) is 1.81. The van der Waals surface area contributed by atoms with Crippen molar-refractivity contribution >= 4 is 5.82 Å². The van der Waals surface area contributed by atoms with Gasteiger partial charge < -0.3 is 9.64 Å². The van der Waals surface area contributed by atoms with Crippen molar-refractivity contribution in [1.29, 1.82) is 0 Å². The summed E-state index contributed by atoms with van der Waals surface area (Å²) in [6, 6.07) is 14.1. The molecule has 18 heavy (non-hydrogen) atoms. The number of ether oxygens (including phenoxy) is 1. The van der Waals surface area contributed by atoms with Gasteiger partial charge in [0.15, 0.2) is 5.72 Å². The fraction of sp³-hybridized carbons (Fsp3) is 0.267. The van der Waals surface area contributed by atoms with Crippen LogP contribution in [0.3, 0.4) is 0 Å². The molecule has 0 saturated carbocycles. The van der Waals surface area contributed by atoms with Crippen LogP contribution >= 0.6 is 0 Å². The Labute approximate surface area is 107 Å². The van der Waals surface area contributed by atoms with Crippen LogP contribution < -0.4 is 9.64 Å². The zero-order chi connectivity index (χ0) is 12.6. The maximum atomic E-state index is 6.07. The molecule has 0 unspecified atom stereocenters. The fourth-order valence-corrected chi connectivity index (χ4v) is 2.29. The summed E-state index contributed by atoms with van der Waals surface area (Å²) < 4.78 is 6.07. The molecule has 0 aliphatic carbocycles. The molecule has 92 valence electrons. The van der Waals surface area contributed by atoms with Gasteiger partial charge in [0, 0.05) is 11.8 Å². The molecule has 1 aliphatic heterocycles. The van der Waals surface area contributed by atoms with E-state index in [9.17, 15) is 0 Å². The Balaban J connectivity index is 2.02. The van der Waals surface area contributed by atoms with Crippen LogP contribution in [0, 0.1) is 0 Å². The highest BCUT2D eigenvalue weighted by Gasteiger charge is 2.34. The van der Waals surface area contributed by atoms with Crippen LogP contribution in [0.15, 0.2) is 48.7 Å². The molecule has 1 aromatic carbocycles. The number of benzene rings is 1. The Bertz CT molecular complexity index is 551. The second-order valence-electron chi connectivity index (χ2n) is 4.93. The lowest BCUT2D eigenvalue weighted by molar-refractivity contribution is 0.0865. The van der Waals surface area contributed by atoms with E-state index in [4.69, 9.17) is 4.74 Å². The van der Waals surface area contributed by atoms with Gasteiger partial charge in [0.25, 0.3) is 0 Å². The molecule has 2 heterocycles. The van der Waals surface area contributed by atoms with Crippen molar-refractivity contribution in [2.24, 2.45) is 0 Å². The molecule has 3 heteroatoms. The molecule has 1 aromatic heterocycles. The van der Waals surface area contributed by atoms with Gasteiger partial charge in [-0.1, -0.05) is 24.3 Å². The summed E-state index contributed by atoms with van der Waals surface area (Å²) in [4.78, 5) is 6.59. The van der Waals surface area contributed by atoms with Gasteiger partial charge >= 0.3 is 0 Å². The minimum absolute atomic E-state index is 0.386. The third-order valence-electron chi connectivity index (χ3n) is 3.24. The molecule has 1 aliphatic rings. The Morgan fingerprint density at radius 3 is 2.67 bits per heavy atom. The maximum absolute atomic E-state index is 6.07. The van der Waals surface area contributed by atoms with E-state index >= 15 is 0 Å². The maximum Gasteiger partial charge on any atom is 0.178 e. The first-order valence-corrected chi connectivity index (χ1v) is 6.12. The summed E-state index contributed by atoms with van der Waals surface area (Å²) in [7, 11) is 0. The second kappa shape index (κ2) is 4.02. The molecule has 3 nitrogen and oxygen atoms in total. The lowest BCUT2D eigenvalue weighted by atomic mass is 10.1. The van der Waals surface area contributed by atoms with Crippen molar-refractivity contribution in [3.05, 3.63) is 54.2 Å². The van der Waals surface area contributed by atoms with Crippen LogP contribution in [0.2, 0.25) is 0 Å². The third kappa shape index (κ3) is 1.82. The first-order valence-electron chi connectivity index (χ1n) is 6.12. The number of aromatic nitrogens is 1. The minimum atomic E-state index is -0.386. The Morgan fingerprint density at radius 2 is 1.89 bits per heavy atom. The van der Waals surface area contributed by atoms with Crippen LogP contribution in [0.25, 0.3) is 0 Å². The van der Waals surface area contributed by atoms with Crippen molar-refractivity contribution in [3.63, 3.8) is 0 Å². The zero-order valence-corrected chi connectivity index (χ0v) is 10.6. The summed E-state index contributed by atoms with van der Waals surface area (Å²) >= 11 is 0. The fourth-order valence-electron chi connectivity index (χ4n) is 2.29. The van der Waals surface area contributed by atoms with Gasteiger partial charge in [-0.3, -0.25) is 0 Å². The quantitative estimate of drug-likeness (QED) is 0.765. The number of fused-ring (bicyclic) bond motifs is 1. The van der Waals surface area contributed by atoms with Crippen LogP contribution in [0.4, 0.5) is 5.82 Å². The number of rotatable bonds is 1. The van der Waals surface area contributed by atoms with Crippen molar-refractivity contribution in [2.75, 3.05) is 4.90 Å². The van der Waals surface area contributed by atoms with Gasteiger partial charge in [0.2, 0.25) is 0 Å². The zero-order valence-electron chi connectivity index (χ0n) is 10.6. The predicted molar refractivity (Wildman–Crippen MR) is 71.6 cm³/mol. The molecule has 0 bridgehead atoms. The van der Waals surface area contributed by atoms with Gasteiger partial charge in [-0.05, 0) is 32.0 Å². The SMILES string of the molecule is CC1(C)Oc2ccccc2CN1c1ccccn1. The average molecular weight is 240 g/mol. The lowest BCUT2D eigenvalue weighted by Crippen LogP contribution is -2.51. The van der Waals surface area contributed by atoms with Crippen LogP contribution in [0.1, 0.15) is 19.4 Å². The molecule has 0 spiro atoms. The Morgan fingerprint density at radius 1 is 1.11 bits per heavy atom. The molecule has 0 atom stereocenters. The van der Waals surface area contributed by atoms with E-state index in [2.05, 4.69) is 29.8 Å². The molecule has 3 rings (SSSR count). The monoisotopic (exact) mass is 240 g/mol. The van der Waals surface area contributed by atoms with Gasteiger partial charge in [-0.15, -0.1) is 0 Å². The number of hydrogen-bond acceptors (Lipinski definition) is 3. The third-order valence-corrected chi connectivity index (χ3v) is 3.24. The lowest BCUT2D eigenvalue weighted by Gasteiger charge is -2.43. The van der Waals surface area contributed by atoms with Gasteiger partial charge in [-0.2, -0.15) is 0 Å². The van der Waals surface area contributed by atoms with Gasteiger partial charge in [0.1, 0.15) is 11.6 Å². The highest BCUT2D eigenvalue weighted by Crippen LogP contribution is 2.35.